The van der Waals surface area contributed by atoms with Crippen LogP contribution in [0.5, 0.6) is 5.75 Å². The summed E-state index contributed by atoms with van der Waals surface area (Å²) in [5.74, 6) is -0.702. The Bertz CT molecular complexity index is 1050. The Morgan fingerprint density at radius 2 is 1.79 bits per heavy atom. The van der Waals surface area contributed by atoms with Crippen molar-refractivity contribution in [1.29, 1.82) is 0 Å². The molecule has 1 saturated heterocycles. The normalized spacial score (nSPS) is 15.7. The molecule has 1 aliphatic rings. The van der Waals surface area contributed by atoms with Gasteiger partial charge in [0.1, 0.15) is 11.3 Å². The Hall–Kier alpha value is -1.66. The Kier molecular flexibility index (Phi) is 6.84. The number of carbonyl (C=O) groups excluding carboxylic acids is 3. The molecule has 0 radical (unpaired) electrons. The quantitative estimate of drug-likeness (QED) is 0.294. The van der Waals surface area contributed by atoms with Gasteiger partial charge in [-0.1, -0.05) is 17.7 Å². The number of benzene rings is 2. The van der Waals surface area contributed by atoms with Crippen molar-refractivity contribution in [2.75, 3.05) is 11.5 Å². The molecule has 0 unspecified atom stereocenters. The third-order valence-corrected chi connectivity index (χ3v) is 6.15. The van der Waals surface area contributed by atoms with Crippen LogP contribution < -0.4 is 15.0 Å². The molecule has 2 aromatic rings. The third kappa shape index (κ3) is 4.58. The number of rotatable bonds is 4. The SMILES string of the molecule is CCOc1c(I)cc(/C=C2/C(=O)NC(=O)N(c3ccc(C)c(Cl)c3)C2=O)cc1I. The van der Waals surface area contributed by atoms with Crippen LogP contribution in [0.25, 0.3) is 6.08 Å². The molecule has 29 heavy (non-hydrogen) atoms. The highest BCUT2D eigenvalue weighted by atomic mass is 127. The minimum absolute atomic E-state index is 0.142. The number of carbonyl (C=O) groups is 3. The smallest absolute Gasteiger partial charge is 0.335 e. The van der Waals surface area contributed by atoms with Crippen LogP contribution in [0.15, 0.2) is 35.9 Å². The standard InChI is InChI=1S/C20H15ClI2N2O4/c1-3-29-17-15(22)7-11(8-16(17)23)6-13-18(26)24-20(28)25(19(13)27)12-5-4-10(2)14(21)9-12/h4-9H,3H2,1-2H3,(H,24,26,28)/b13-6-. The van der Waals surface area contributed by atoms with Gasteiger partial charge in [0.15, 0.2) is 0 Å². The molecule has 0 aromatic heterocycles. The van der Waals surface area contributed by atoms with Crippen LogP contribution in [-0.4, -0.2) is 24.5 Å². The van der Waals surface area contributed by atoms with E-state index < -0.39 is 17.8 Å². The largest absolute Gasteiger partial charge is 0.492 e. The van der Waals surface area contributed by atoms with Crippen molar-refractivity contribution in [3.05, 3.63) is 59.2 Å². The van der Waals surface area contributed by atoms with E-state index in [0.717, 1.165) is 23.4 Å². The molecule has 1 fully saturated rings. The van der Waals surface area contributed by atoms with Gasteiger partial charge in [0.25, 0.3) is 11.8 Å². The minimum Gasteiger partial charge on any atom is -0.492 e. The maximum Gasteiger partial charge on any atom is 0.335 e. The molecule has 0 atom stereocenters. The van der Waals surface area contributed by atoms with Crippen LogP contribution in [0.4, 0.5) is 10.5 Å². The number of aryl methyl sites for hydroxylation is 1. The fourth-order valence-electron chi connectivity index (χ4n) is 2.72. The van der Waals surface area contributed by atoms with Crippen molar-refractivity contribution in [3.8, 4) is 5.75 Å². The Balaban J connectivity index is 2.02. The van der Waals surface area contributed by atoms with E-state index in [1.165, 1.54) is 12.1 Å². The van der Waals surface area contributed by atoms with Gasteiger partial charge in [-0.05, 0) is 100 Å². The summed E-state index contributed by atoms with van der Waals surface area (Å²) in [4.78, 5) is 38.6. The van der Waals surface area contributed by atoms with E-state index in [4.69, 9.17) is 16.3 Å². The van der Waals surface area contributed by atoms with Gasteiger partial charge >= 0.3 is 6.03 Å². The monoisotopic (exact) mass is 636 g/mol. The van der Waals surface area contributed by atoms with E-state index in [1.807, 2.05) is 26.0 Å². The number of halogens is 3. The molecule has 0 aliphatic carbocycles. The number of hydrogen-bond acceptors (Lipinski definition) is 4. The maximum atomic E-state index is 13.0. The first-order valence-corrected chi connectivity index (χ1v) is 11.1. The summed E-state index contributed by atoms with van der Waals surface area (Å²) in [6.07, 6.45) is 1.47. The molecular weight excluding hydrogens is 621 g/mol. The van der Waals surface area contributed by atoms with Gasteiger partial charge in [-0.25, -0.2) is 9.69 Å². The van der Waals surface area contributed by atoms with Crippen LogP contribution >= 0.6 is 56.8 Å². The highest BCUT2D eigenvalue weighted by Crippen LogP contribution is 2.31. The average Bonchev–Trinajstić information content (AvgIpc) is 2.64. The predicted octanol–water partition coefficient (Wildman–Crippen LogP) is 4.92. The molecule has 9 heteroatoms. The number of ether oxygens (including phenoxy) is 1. The molecule has 0 spiro atoms. The van der Waals surface area contributed by atoms with Crippen LogP contribution in [0.2, 0.25) is 5.02 Å². The zero-order valence-corrected chi connectivity index (χ0v) is 20.5. The fourth-order valence-corrected chi connectivity index (χ4v) is 5.03. The van der Waals surface area contributed by atoms with Crippen molar-refractivity contribution >= 4 is 86.4 Å². The first kappa shape index (κ1) is 22.0. The van der Waals surface area contributed by atoms with E-state index >= 15 is 0 Å². The number of anilines is 1. The number of nitrogens with zero attached hydrogens (tertiary/aromatic N) is 1. The molecule has 4 amide bonds. The summed E-state index contributed by atoms with van der Waals surface area (Å²) in [7, 11) is 0. The van der Waals surface area contributed by atoms with Crippen molar-refractivity contribution in [2.45, 2.75) is 13.8 Å². The van der Waals surface area contributed by atoms with E-state index in [2.05, 4.69) is 50.5 Å². The predicted molar refractivity (Wildman–Crippen MR) is 128 cm³/mol. The van der Waals surface area contributed by atoms with E-state index in [9.17, 15) is 14.4 Å². The second-order valence-corrected chi connectivity index (χ2v) is 8.87. The molecule has 2 aromatic carbocycles. The lowest BCUT2D eigenvalue weighted by Gasteiger charge is -2.26. The van der Waals surface area contributed by atoms with Gasteiger partial charge < -0.3 is 4.74 Å². The zero-order valence-electron chi connectivity index (χ0n) is 15.4. The summed E-state index contributed by atoms with van der Waals surface area (Å²) in [5, 5.41) is 2.63. The van der Waals surface area contributed by atoms with E-state index in [-0.39, 0.29) is 11.3 Å². The molecule has 150 valence electrons. The molecule has 0 bridgehead atoms. The van der Waals surface area contributed by atoms with E-state index in [1.54, 1.807) is 12.1 Å². The molecule has 1 N–H and O–H groups in total. The van der Waals surface area contributed by atoms with Crippen LogP contribution in [0.3, 0.4) is 0 Å². The second kappa shape index (κ2) is 9.00. The molecule has 1 heterocycles. The molecule has 1 aliphatic heterocycles. The minimum atomic E-state index is -0.812. The van der Waals surface area contributed by atoms with E-state index in [0.29, 0.717) is 17.2 Å². The molecular formula is C20H15ClI2N2O4. The highest BCUT2D eigenvalue weighted by Gasteiger charge is 2.37. The maximum absolute atomic E-state index is 13.0. The number of nitrogens with one attached hydrogen (secondary N) is 1. The first-order chi connectivity index (χ1) is 13.7. The fraction of sp³-hybridized carbons (Fsp3) is 0.150. The molecule has 3 rings (SSSR count). The molecule has 6 nitrogen and oxygen atoms in total. The number of hydrogen-bond donors (Lipinski definition) is 1. The summed E-state index contributed by atoms with van der Waals surface area (Å²) in [6.45, 7) is 4.24. The van der Waals surface area contributed by atoms with Gasteiger partial charge in [-0.3, -0.25) is 14.9 Å². The summed E-state index contributed by atoms with van der Waals surface area (Å²) >= 11 is 10.4. The average molecular weight is 637 g/mol. The van der Waals surface area contributed by atoms with Crippen LogP contribution in [0, 0.1) is 14.1 Å². The number of barbiturate groups is 1. The number of urea groups is 1. The van der Waals surface area contributed by atoms with Crippen LogP contribution in [0.1, 0.15) is 18.1 Å². The Morgan fingerprint density at radius 3 is 2.38 bits per heavy atom. The van der Waals surface area contributed by atoms with Crippen molar-refractivity contribution in [1.82, 2.24) is 5.32 Å². The highest BCUT2D eigenvalue weighted by molar-refractivity contribution is 14.1. The topological polar surface area (TPSA) is 75.7 Å². The Morgan fingerprint density at radius 1 is 1.14 bits per heavy atom. The summed E-state index contributed by atoms with van der Waals surface area (Å²) < 4.78 is 7.32. The van der Waals surface area contributed by atoms with Gasteiger partial charge in [0.05, 0.1) is 19.4 Å². The van der Waals surface area contributed by atoms with Gasteiger partial charge in [0.2, 0.25) is 0 Å². The van der Waals surface area contributed by atoms with Gasteiger partial charge in [-0.2, -0.15) is 0 Å². The lowest BCUT2D eigenvalue weighted by atomic mass is 10.1. The van der Waals surface area contributed by atoms with Crippen LogP contribution in [-0.2, 0) is 9.59 Å². The van der Waals surface area contributed by atoms with Gasteiger partial charge in [0, 0.05) is 5.02 Å². The lowest BCUT2D eigenvalue weighted by molar-refractivity contribution is -0.122. The zero-order chi connectivity index (χ0) is 21.3. The first-order valence-electron chi connectivity index (χ1n) is 8.52. The summed E-state index contributed by atoms with van der Waals surface area (Å²) in [6, 6.07) is 7.64. The number of amides is 4. The Labute approximate surface area is 199 Å². The molecule has 0 saturated carbocycles. The van der Waals surface area contributed by atoms with Gasteiger partial charge in [-0.15, -0.1) is 0 Å². The third-order valence-electron chi connectivity index (χ3n) is 4.14. The lowest BCUT2D eigenvalue weighted by Crippen LogP contribution is -2.54. The van der Waals surface area contributed by atoms with Crippen molar-refractivity contribution < 1.29 is 19.1 Å². The number of imide groups is 2. The summed E-state index contributed by atoms with van der Waals surface area (Å²) in [5.41, 5.74) is 1.61. The van der Waals surface area contributed by atoms with Crippen molar-refractivity contribution in [3.63, 3.8) is 0 Å². The second-order valence-electron chi connectivity index (χ2n) is 6.14. The van der Waals surface area contributed by atoms with Crippen molar-refractivity contribution in [2.24, 2.45) is 0 Å².